The van der Waals surface area contributed by atoms with Gasteiger partial charge in [0.1, 0.15) is 0 Å². The Hall–Kier alpha value is -2.15. The van der Waals surface area contributed by atoms with Crippen LogP contribution in [0, 0.1) is 0 Å². The van der Waals surface area contributed by atoms with Crippen molar-refractivity contribution in [2.75, 3.05) is 33.2 Å². The van der Waals surface area contributed by atoms with Crippen LogP contribution < -0.4 is 0 Å². The number of para-hydroxylation sites is 1. The van der Waals surface area contributed by atoms with Crippen molar-refractivity contribution in [1.29, 1.82) is 0 Å². The average Bonchev–Trinajstić information content (AvgIpc) is 3.01. The van der Waals surface area contributed by atoms with E-state index in [2.05, 4.69) is 22.9 Å². The third kappa shape index (κ3) is 2.33. The van der Waals surface area contributed by atoms with Crippen LogP contribution in [-0.2, 0) is 16.6 Å². The summed E-state index contributed by atoms with van der Waals surface area (Å²) in [5.74, 6) is 0. The molecule has 0 unspecified atom stereocenters. The minimum Gasteiger partial charge on any atom is -0.304 e. The number of piperazine rings is 1. The van der Waals surface area contributed by atoms with Crippen LogP contribution in [0.1, 0.15) is 5.56 Å². The van der Waals surface area contributed by atoms with Gasteiger partial charge >= 0.3 is 0 Å². The minimum atomic E-state index is -3.55. The molecule has 0 atom stereocenters. The second-order valence-corrected chi connectivity index (χ2v) is 9.05. The van der Waals surface area contributed by atoms with Gasteiger partial charge in [0.2, 0.25) is 0 Å². The number of aromatic nitrogens is 1. The summed E-state index contributed by atoms with van der Waals surface area (Å²) in [5, 5.41) is 0.988. The van der Waals surface area contributed by atoms with Crippen LogP contribution in [0.4, 0.5) is 0 Å². The zero-order valence-electron chi connectivity index (χ0n) is 14.7. The summed E-state index contributed by atoms with van der Waals surface area (Å²) in [6.07, 6.45) is 1.75. The Kier molecular flexibility index (Phi) is 3.50. The maximum Gasteiger partial charge on any atom is 0.268 e. The van der Waals surface area contributed by atoms with Crippen molar-refractivity contribution in [3.05, 3.63) is 54.2 Å². The lowest BCUT2D eigenvalue weighted by atomic mass is 10.0. The topological polar surface area (TPSA) is 45.6 Å². The molecule has 26 heavy (non-hydrogen) atoms. The molecule has 5 rings (SSSR count). The molecule has 1 fully saturated rings. The van der Waals surface area contributed by atoms with E-state index in [1.54, 1.807) is 6.20 Å². The molecule has 0 N–H and O–H groups in total. The number of nitrogens with zero attached hydrogens (tertiary/aromatic N) is 3. The van der Waals surface area contributed by atoms with Gasteiger partial charge in [0, 0.05) is 55.4 Å². The van der Waals surface area contributed by atoms with E-state index in [0.717, 1.165) is 60.3 Å². The van der Waals surface area contributed by atoms with Crippen molar-refractivity contribution in [1.82, 2.24) is 13.8 Å². The molecule has 6 heteroatoms. The SMILES string of the molecule is CN1CCN(Cc2ccc3c(c2)S(=O)(=O)n2cc-3c3ccccc32)CC1. The van der Waals surface area contributed by atoms with Gasteiger partial charge < -0.3 is 4.90 Å². The standard InChI is InChI=1S/C20H21N3O2S/c1-21-8-10-22(11-9-21)13-15-6-7-17-18-14-23(26(24,25)20(17)12-15)19-5-3-2-4-16(18)19/h2-7,12,14H,8-11,13H2,1H3. The monoisotopic (exact) mass is 367 g/mol. The molecule has 3 aromatic rings. The van der Waals surface area contributed by atoms with Gasteiger partial charge in [-0.2, -0.15) is 0 Å². The van der Waals surface area contributed by atoms with Crippen LogP contribution in [-0.4, -0.2) is 55.4 Å². The molecule has 0 radical (unpaired) electrons. The fourth-order valence-electron chi connectivity index (χ4n) is 4.03. The highest BCUT2D eigenvalue weighted by atomic mass is 32.2. The van der Waals surface area contributed by atoms with Crippen molar-refractivity contribution >= 4 is 20.9 Å². The summed E-state index contributed by atoms with van der Waals surface area (Å²) in [7, 11) is -1.41. The van der Waals surface area contributed by atoms with Gasteiger partial charge in [-0.05, 0) is 24.7 Å². The second-order valence-electron chi connectivity index (χ2n) is 7.27. The largest absolute Gasteiger partial charge is 0.304 e. The number of rotatable bonds is 2. The first kappa shape index (κ1) is 16.1. The van der Waals surface area contributed by atoms with Gasteiger partial charge in [-0.25, -0.2) is 12.4 Å². The van der Waals surface area contributed by atoms with Crippen LogP contribution in [0.3, 0.4) is 0 Å². The highest BCUT2D eigenvalue weighted by Crippen LogP contribution is 2.41. The number of likely N-dealkylation sites (N-methyl/N-ethyl adjacent to an activating group) is 1. The first-order valence-corrected chi connectivity index (χ1v) is 10.4. The van der Waals surface area contributed by atoms with E-state index < -0.39 is 10.0 Å². The molecule has 3 heterocycles. The molecule has 1 aromatic heterocycles. The normalized spacial score (nSPS) is 19.6. The Bertz CT molecular complexity index is 1110. The van der Waals surface area contributed by atoms with E-state index in [1.165, 1.54) is 3.97 Å². The van der Waals surface area contributed by atoms with E-state index in [1.807, 2.05) is 36.4 Å². The van der Waals surface area contributed by atoms with Crippen LogP contribution in [0.15, 0.2) is 53.6 Å². The fourth-order valence-corrected chi connectivity index (χ4v) is 5.67. The van der Waals surface area contributed by atoms with E-state index >= 15 is 0 Å². The summed E-state index contributed by atoms with van der Waals surface area (Å²) in [5.41, 5.74) is 3.62. The van der Waals surface area contributed by atoms with Crippen LogP contribution >= 0.6 is 0 Å². The van der Waals surface area contributed by atoms with Crippen molar-refractivity contribution in [2.45, 2.75) is 11.4 Å². The molecule has 2 aliphatic rings. The highest BCUT2D eigenvalue weighted by molar-refractivity contribution is 7.90. The second kappa shape index (κ2) is 5.67. The predicted molar refractivity (Wildman–Crippen MR) is 103 cm³/mol. The van der Waals surface area contributed by atoms with E-state index in [-0.39, 0.29) is 0 Å². The summed E-state index contributed by atoms with van der Waals surface area (Å²) >= 11 is 0. The molecule has 1 saturated heterocycles. The van der Waals surface area contributed by atoms with Crippen LogP contribution in [0.2, 0.25) is 0 Å². The molecule has 2 aromatic carbocycles. The van der Waals surface area contributed by atoms with Gasteiger partial charge in [-0.15, -0.1) is 0 Å². The lowest BCUT2D eigenvalue weighted by Gasteiger charge is -2.32. The average molecular weight is 367 g/mol. The van der Waals surface area contributed by atoms with Gasteiger partial charge in [-0.3, -0.25) is 4.90 Å². The third-order valence-corrected chi connectivity index (χ3v) is 7.27. The van der Waals surface area contributed by atoms with Gasteiger partial charge in [0.15, 0.2) is 0 Å². The van der Waals surface area contributed by atoms with Gasteiger partial charge in [0.25, 0.3) is 10.0 Å². The van der Waals surface area contributed by atoms with E-state index in [4.69, 9.17) is 0 Å². The zero-order chi connectivity index (χ0) is 17.9. The first-order chi connectivity index (χ1) is 12.5. The number of hydrogen-bond donors (Lipinski definition) is 0. The van der Waals surface area contributed by atoms with Gasteiger partial charge in [-0.1, -0.05) is 30.3 Å². The zero-order valence-corrected chi connectivity index (χ0v) is 15.5. The Morgan fingerprint density at radius 2 is 1.73 bits per heavy atom. The molecule has 5 nitrogen and oxygen atoms in total. The van der Waals surface area contributed by atoms with Crippen molar-refractivity contribution in [2.24, 2.45) is 0 Å². The first-order valence-electron chi connectivity index (χ1n) is 8.94. The molecule has 0 saturated carbocycles. The predicted octanol–water partition coefficient (Wildman–Crippen LogP) is 2.61. The highest BCUT2D eigenvalue weighted by Gasteiger charge is 2.31. The summed E-state index contributed by atoms with van der Waals surface area (Å²) in [6.45, 7) is 4.94. The molecule has 0 amide bonds. The molecular formula is C20H21N3O2S. The quantitative estimate of drug-likeness (QED) is 0.546. The van der Waals surface area contributed by atoms with Gasteiger partial charge in [0.05, 0.1) is 10.4 Å². The Morgan fingerprint density at radius 3 is 2.54 bits per heavy atom. The van der Waals surface area contributed by atoms with Crippen molar-refractivity contribution in [3.8, 4) is 11.1 Å². The smallest absolute Gasteiger partial charge is 0.268 e. The molecule has 134 valence electrons. The maximum atomic E-state index is 13.2. The Morgan fingerprint density at radius 1 is 0.962 bits per heavy atom. The fraction of sp³-hybridized carbons (Fsp3) is 0.300. The molecule has 2 bridgehead atoms. The van der Waals surface area contributed by atoms with Crippen LogP contribution in [0.25, 0.3) is 22.0 Å². The lowest BCUT2D eigenvalue weighted by molar-refractivity contribution is 0.148. The number of hydrogen-bond acceptors (Lipinski definition) is 4. The number of fused-ring (bicyclic) bond motifs is 7. The molecule has 0 aliphatic carbocycles. The third-order valence-electron chi connectivity index (χ3n) is 5.55. The minimum absolute atomic E-state index is 0.429. The molecular weight excluding hydrogens is 346 g/mol. The van der Waals surface area contributed by atoms with Crippen molar-refractivity contribution in [3.63, 3.8) is 0 Å². The Labute approximate surface area is 153 Å². The van der Waals surface area contributed by atoms with E-state index in [0.29, 0.717) is 4.90 Å². The van der Waals surface area contributed by atoms with E-state index in [9.17, 15) is 8.42 Å². The molecule has 0 spiro atoms. The number of benzene rings is 2. The lowest BCUT2D eigenvalue weighted by Crippen LogP contribution is -2.43. The summed E-state index contributed by atoms with van der Waals surface area (Å²) in [4.78, 5) is 5.14. The van der Waals surface area contributed by atoms with Crippen LogP contribution in [0.5, 0.6) is 0 Å². The summed E-state index contributed by atoms with van der Waals surface area (Å²) < 4.78 is 27.8. The maximum absolute atomic E-state index is 13.2. The molecule has 2 aliphatic heterocycles. The van der Waals surface area contributed by atoms with Crippen molar-refractivity contribution < 1.29 is 8.42 Å². The Balaban J connectivity index is 1.58. The summed E-state index contributed by atoms with van der Waals surface area (Å²) in [6, 6.07) is 13.6.